The summed E-state index contributed by atoms with van der Waals surface area (Å²) in [5.41, 5.74) is 5.69. The Morgan fingerprint density at radius 3 is 2.88 bits per heavy atom. The average molecular weight is 221 g/mol. The fourth-order valence-corrected chi connectivity index (χ4v) is 1.45. The predicted molar refractivity (Wildman–Crippen MR) is 57.0 cm³/mol. The molecule has 0 unspecified atom stereocenters. The van der Waals surface area contributed by atoms with E-state index in [0.717, 1.165) is 6.07 Å². The number of nitrogens with two attached hydrogens (primary N) is 1. The van der Waals surface area contributed by atoms with Crippen molar-refractivity contribution in [3.8, 4) is 5.75 Å². The van der Waals surface area contributed by atoms with Gasteiger partial charge in [0.25, 0.3) is 5.56 Å². The molecule has 0 amide bonds. The number of hydrogen-bond donors (Lipinski definition) is 3. The van der Waals surface area contributed by atoms with Crippen molar-refractivity contribution >= 4 is 5.95 Å². The molecule has 4 N–H and O–H groups in total. The van der Waals surface area contributed by atoms with Crippen LogP contribution in [0.2, 0.25) is 0 Å². The fourth-order valence-electron chi connectivity index (χ4n) is 1.45. The van der Waals surface area contributed by atoms with Gasteiger partial charge in [-0.25, -0.2) is 0 Å². The Morgan fingerprint density at radius 1 is 1.56 bits per heavy atom. The minimum absolute atomic E-state index is 0.0455. The Balaban J connectivity index is 2.38. The summed E-state index contributed by atoms with van der Waals surface area (Å²) in [6.07, 6.45) is 0. The van der Waals surface area contributed by atoms with Crippen LogP contribution in [0.25, 0.3) is 0 Å². The van der Waals surface area contributed by atoms with E-state index in [2.05, 4.69) is 15.2 Å². The smallest absolute Gasteiger partial charge is 0.254 e. The van der Waals surface area contributed by atoms with Crippen LogP contribution < -0.4 is 11.3 Å². The number of nitrogen functional groups attached to an aromatic ring is 1. The van der Waals surface area contributed by atoms with Crippen LogP contribution in [-0.2, 0) is 6.54 Å². The van der Waals surface area contributed by atoms with Gasteiger partial charge in [-0.3, -0.25) is 9.89 Å². The number of rotatable bonds is 2. The molecule has 7 nitrogen and oxygen atoms in total. The second-order valence-electron chi connectivity index (χ2n) is 3.42. The molecule has 0 fully saturated rings. The van der Waals surface area contributed by atoms with Crippen LogP contribution in [0.1, 0.15) is 11.5 Å². The third-order valence-corrected chi connectivity index (χ3v) is 2.18. The Kier molecular flexibility index (Phi) is 2.35. The average Bonchev–Trinajstić information content (AvgIpc) is 2.58. The molecule has 2 rings (SSSR count). The van der Waals surface area contributed by atoms with Gasteiger partial charge in [-0.15, -0.1) is 5.10 Å². The maximum atomic E-state index is 11.6. The number of anilines is 1. The molecule has 16 heavy (non-hydrogen) atoms. The van der Waals surface area contributed by atoms with E-state index in [-0.39, 0.29) is 23.8 Å². The predicted octanol–water partition coefficient (Wildman–Crippen LogP) is -0.389. The van der Waals surface area contributed by atoms with Crippen LogP contribution in [0.4, 0.5) is 5.95 Å². The molecule has 0 aliphatic rings. The first-order chi connectivity index (χ1) is 7.56. The first-order valence-corrected chi connectivity index (χ1v) is 4.63. The minimum Gasteiger partial charge on any atom is -0.508 e. The standard InChI is InChI=1S/C9H11N5O2/c1-5-2-6(15)3-8(16)14(5)4-7-11-9(10)13-12-7/h2-3,15H,4H2,1H3,(H3,10,11,12,13). The number of pyridine rings is 1. The Labute approximate surface area is 90.6 Å². The molecule has 0 aliphatic carbocycles. The molecule has 0 bridgehead atoms. The van der Waals surface area contributed by atoms with Crippen molar-refractivity contribution in [3.05, 3.63) is 34.0 Å². The number of aromatic nitrogens is 4. The monoisotopic (exact) mass is 221 g/mol. The van der Waals surface area contributed by atoms with Gasteiger partial charge in [-0.1, -0.05) is 0 Å². The van der Waals surface area contributed by atoms with Crippen LogP contribution in [-0.4, -0.2) is 24.9 Å². The van der Waals surface area contributed by atoms with Crippen molar-refractivity contribution in [2.75, 3.05) is 5.73 Å². The number of aryl methyl sites for hydroxylation is 1. The van der Waals surface area contributed by atoms with Gasteiger partial charge in [0.05, 0.1) is 6.54 Å². The Morgan fingerprint density at radius 2 is 2.31 bits per heavy atom. The summed E-state index contributed by atoms with van der Waals surface area (Å²) in [6, 6.07) is 2.65. The lowest BCUT2D eigenvalue weighted by Gasteiger charge is -2.07. The van der Waals surface area contributed by atoms with E-state index in [1.165, 1.54) is 10.6 Å². The lowest BCUT2D eigenvalue weighted by atomic mass is 10.3. The number of aromatic hydroxyl groups is 1. The van der Waals surface area contributed by atoms with E-state index in [1.807, 2.05) is 0 Å². The van der Waals surface area contributed by atoms with Crippen molar-refractivity contribution in [2.24, 2.45) is 0 Å². The van der Waals surface area contributed by atoms with Gasteiger partial charge in [0.15, 0.2) is 0 Å². The van der Waals surface area contributed by atoms with E-state index in [4.69, 9.17) is 5.73 Å². The number of aromatic amines is 1. The molecule has 0 saturated heterocycles. The van der Waals surface area contributed by atoms with Crippen LogP contribution in [0.5, 0.6) is 5.75 Å². The second-order valence-corrected chi connectivity index (χ2v) is 3.42. The van der Waals surface area contributed by atoms with Crippen molar-refractivity contribution in [1.82, 2.24) is 19.7 Å². The zero-order valence-electron chi connectivity index (χ0n) is 8.64. The van der Waals surface area contributed by atoms with E-state index in [1.54, 1.807) is 6.92 Å². The molecule has 0 saturated carbocycles. The topological polar surface area (TPSA) is 110 Å². The molecule has 0 radical (unpaired) electrons. The summed E-state index contributed by atoms with van der Waals surface area (Å²) >= 11 is 0. The largest absolute Gasteiger partial charge is 0.508 e. The number of hydrogen-bond acceptors (Lipinski definition) is 5. The fraction of sp³-hybridized carbons (Fsp3) is 0.222. The lowest BCUT2D eigenvalue weighted by Crippen LogP contribution is -2.22. The van der Waals surface area contributed by atoms with Gasteiger partial charge >= 0.3 is 0 Å². The highest BCUT2D eigenvalue weighted by molar-refractivity contribution is 5.22. The maximum Gasteiger partial charge on any atom is 0.254 e. The van der Waals surface area contributed by atoms with Crippen LogP contribution in [0.3, 0.4) is 0 Å². The highest BCUT2D eigenvalue weighted by Gasteiger charge is 2.06. The molecule has 0 atom stereocenters. The summed E-state index contributed by atoms with van der Waals surface area (Å²) in [6.45, 7) is 1.97. The molecule has 2 heterocycles. The summed E-state index contributed by atoms with van der Waals surface area (Å²) in [5.74, 6) is 0.587. The first kappa shape index (κ1) is 10.2. The van der Waals surface area contributed by atoms with E-state index in [9.17, 15) is 9.90 Å². The SMILES string of the molecule is Cc1cc(O)cc(=O)n1Cc1nc(N)n[nH]1. The third-order valence-electron chi connectivity index (χ3n) is 2.18. The van der Waals surface area contributed by atoms with Crippen molar-refractivity contribution < 1.29 is 5.11 Å². The Bertz CT molecular complexity index is 572. The van der Waals surface area contributed by atoms with Crippen molar-refractivity contribution in [2.45, 2.75) is 13.5 Å². The highest BCUT2D eigenvalue weighted by atomic mass is 16.3. The van der Waals surface area contributed by atoms with Crippen LogP contribution in [0.15, 0.2) is 16.9 Å². The summed E-state index contributed by atoms with van der Waals surface area (Å²) < 4.78 is 1.46. The molecule has 0 aromatic carbocycles. The molecule has 7 heteroatoms. The van der Waals surface area contributed by atoms with Gasteiger partial charge in [0.2, 0.25) is 5.95 Å². The van der Waals surface area contributed by atoms with Gasteiger partial charge in [-0.2, -0.15) is 4.98 Å². The van der Waals surface area contributed by atoms with Crippen LogP contribution in [0, 0.1) is 6.92 Å². The molecular weight excluding hydrogens is 210 g/mol. The van der Waals surface area contributed by atoms with E-state index >= 15 is 0 Å². The molecule has 2 aromatic heterocycles. The molecular formula is C9H11N5O2. The quantitative estimate of drug-likeness (QED) is 0.639. The zero-order valence-corrected chi connectivity index (χ0v) is 8.64. The number of nitrogens with zero attached hydrogens (tertiary/aromatic N) is 3. The van der Waals surface area contributed by atoms with Gasteiger partial charge in [0.1, 0.15) is 11.6 Å². The normalized spacial score (nSPS) is 10.6. The minimum atomic E-state index is -0.299. The Hall–Kier alpha value is -2.31. The lowest BCUT2D eigenvalue weighted by molar-refractivity contribution is 0.470. The van der Waals surface area contributed by atoms with Crippen molar-refractivity contribution in [3.63, 3.8) is 0 Å². The third kappa shape index (κ3) is 1.88. The molecule has 0 aliphatic heterocycles. The zero-order chi connectivity index (χ0) is 11.7. The summed E-state index contributed by atoms with van der Waals surface area (Å²) in [4.78, 5) is 15.5. The van der Waals surface area contributed by atoms with E-state index < -0.39 is 0 Å². The van der Waals surface area contributed by atoms with Crippen LogP contribution >= 0.6 is 0 Å². The summed E-state index contributed by atoms with van der Waals surface area (Å²) in [7, 11) is 0. The highest BCUT2D eigenvalue weighted by Crippen LogP contribution is 2.07. The molecule has 0 spiro atoms. The summed E-state index contributed by atoms with van der Waals surface area (Å²) in [5, 5.41) is 15.5. The van der Waals surface area contributed by atoms with Gasteiger partial charge < -0.3 is 15.4 Å². The number of nitrogens with one attached hydrogen (secondary N) is 1. The molecule has 2 aromatic rings. The van der Waals surface area contributed by atoms with E-state index in [0.29, 0.717) is 11.5 Å². The molecule has 84 valence electrons. The van der Waals surface area contributed by atoms with Gasteiger partial charge in [0, 0.05) is 11.8 Å². The number of H-pyrrole nitrogens is 1. The first-order valence-electron chi connectivity index (χ1n) is 4.63. The van der Waals surface area contributed by atoms with Crippen molar-refractivity contribution in [1.29, 1.82) is 0 Å². The second kappa shape index (κ2) is 3.69. The van der Waals surface area contributed by atoms with Gasteiger partial charge in [-0.05, 0) is 13.0 Å². The maximum absolute atomic E-state index is 11.6.